The fourth-order valence-electron chi connectivity index (χ4n) is 5.35. The summed E-state index contributed by atoms with van der Waals surface area (Å²) in [5.74, 6) is 2.31. The Bertz CT molecular complexity index is 919. The number of halogens is 1. The van der Waals surface area contributed by atoms with Crippen molar-refractivity contribution in [3.63, 3.8) is 0 Å². The number of hydrogen-bond acceptors (Lipinski definition) is 4. The first-order valence-corrected chi connectivity index (χ1v) is 11.0. The van der Waals surface area contributed by atoms with Gasteiger partial charge in [0.25, 0.3) is 0 Å². The largest absolute Gasteiger partial charge is 1.00 e. The number of rotatable bonds is 5. The van der Waals surface area contributed by atoms with E-state index in [1.807, 2.05) is 0 Å². The third-order valence-electron chi connectivity index (χ3n) is 7.06. The summed E-state index contributed by atoms with van der Waals surface area (Å²) in [5.41, 5.74) is 5.18. The van der Waals surface area contributed by atoms with Crippen LogP contribution in [0.25, 0.3) is 0 Å². The molecule has 2 atom stereocenters. The van der Waals surface area contributed by atoms with E-state index < -0.39 is 0 Å². The maximum Gasteiger partial charge on any atom is 0.231 e. The SMILES string of the molecule is COc1c2c(cc3c1C(CC(=O)C=CC1=C(C)CCCC1(C)C)[NH+](C)CC3)OCO2.[Cl-]. The van der Waals surface area contributed by atoms with Gasteiger partial charge >= 0.3 is 0 Å². The molecule has 0 amide bonds. The van der Waals surface area contributed by atoms with Crippen LogP contribution in [-0.4, -0.2) is 33.3 Å². The van der Waals surface area contributed by atoms with Gasteiger partial charge in [-0.15, -0.1) is 0 Å². The molecule has 1 aromatic carbocycles. The molecule has 1 aromatic rings. The summed E-state index contributed by atoms with van der Waals surface area (Å²) in [6.07, 6.45) is 8.80. The highest BCUT2D eigenvalue weighted by Crippen LogP contribution is 2.48. The molecule has 3 aliphatic rings. The molecule has 2 unspecified atom stereocenters. The second-order valence-corrected chi connectivity index (χ2v) is 9.55. The van der Waals surface area contributed by atoms with Crippen LogP contribution in [0.5, 0.6) is 17.2 Å². The summed E-state index contributed by atoms with van der Waals surface area (Å²) >= 11 is 0. The fourth-order valence-corrected chi connectivity index (χ4v) is 5.35. The Balaban J connectivity index is 0.00000272. The van der Waals surface area contributed by atoms with Crippen molar-refractivity contribution in [3.8, 4) is 17.2 Å². The Labute approximate surface area is 191 Å². The van der Waals surface area contributed by atoms with Crippen molar-refractivity contribution in [3.05, 3.63) is 40.5 Å². The summed E-state index contributed by atoms with van der Waals surface area (Å²) in [6, 6.07) is 2.11. The predicted octanol–water partition coefficient (Wildman–Crippen LogP) is 0.582. The molecular weight excluding hydrogens is 414 g/mol. The maximum absolute atomic E-state index is 13.0. The molecule has 31 heavy (non-hydrogen) atoms. The minimum atomic E-state index is 0. The number of hydrogen-bond donors (Lipinski definition) is 1. The molecule has 0 spiro atoms. The van der Waals surface area contributed by atoms with E-state index in [1.54, 1.807) is 13.2 Å². The minimum absolute atomic E-state index is 0. The monoisotopic (exact) mass is 447 g/mol. The van der Waals surface area contributed by atoms with Gasteiger partial charge < -0.3 is 31.5 Å². The fraction of sp³-hybridized carbons (Fsp3) is 0.560. The van der Waals surface area contributed by atoms with Crippen molar-refractivity contribution < 1.29 is 36.3 Å². The van der Waals surface area contributed by atoms with Gasteiger partial charge in [-0.1, -0.05) is 25.5 Å². The highest BCUT2D eigenvalue weighted by Gasteiger charge is 2.37. The van der Waals surface area contributed by atoms with Crippen molar-refractivity contribution in [2.24, 2.45) is 5.41 Å². The predicted molar refractivity (Wildman–Crippen MR) is 116 cm³/mol. The lowest BCUT2D eigenvalue weighted by Crippen LogP contribution is -3.10. The maximum atomic E-state index is 13.0. The Kier molecular flexibility index (Phi) is 7.07. The van der Waals surface area contributed by atoms with Crippen LogP contribution in [0.15, 0.2) is 29.4 Å². The molecule has 0 aromatic heterocycles. The van der Waals surface area contributed by atoms with E-state index in [9.17, 15) is 4.79 Å². The highest BCUT2D eigenvalue weighted by atomic mass is 35.5. The number of likely N-dealkylation sites (N-methyl/N-ethyl adjacent to an activating group) is 1. The number of ether oxygens (including phenoxy) is 3. The first kappa shape index (κ1) is 23.7. The van der Waals surface area contributed by atoms with Crippen LogP contribution in [-0.2, 0) is 11.2 Å². The number of ketones is 1. The van der Waals surface area contributed by atoms with E-state index in [0.29, 0.717) is 12.2 Å². The van der Waals surface area contributed by atoms with Crippen LogP contribution < -0.4 is 31.5 Å². The van der Waals surface area contributed by atoms with E-state index in [2.05, 4.69) is 40.0 Å². The van der Waals surface area contributed by atoms with Gasteiger partial charge in [0.2, 0.25) is 12.5 Å². The first-order valence-electron chi connectivity index (χ1n) is 11.0. The van der Waals surface area contributed by atoms with Crippen molar-refractivity contribution in [1.29, 1.82) is 0 Å². The second kappa shape index (κ2) is 9.25. The molecule has 5 nitrogen and oxygen atoms in total. The molecule has 0 radical (unpaired) electrons. The lowest BCUT2D eigenvalue weighted by molar-refractivity contribution is -0.914. The van der Waals surface area contributed by atoms with Gasteiger partial charge in [0.15, 0.2) is 17.3 Å². The highest BCUT2D eigenvalue weighted by molar-refractivity contribution is 5.90. The average Bonchev–Trinajstić information content (AvgIpc) is 3.16. The van der Waals surface area contributed by atoms with Gasteiger partial charge in [0, 0.05) is 6.42 Å². The van der Waals surface area contributed by atoms with Crippen LogP contribution in [0, 0.1) is 5.41 Å². The minimum Gasteiger partial charge on any atom is -1.00 e. The zero-order chi connectivity index (χ0) is 21.5. The van der Waals surface area contributed by atoms with Gasteiger partial charge in [-0.3, -0.25) is 4.79 Å². The van der Waals surface area contributed by atoms with Crippen molar-refractivity contribution in [2.75, 3.05) is 27.5 Å². The molecule has 4 rings (SSSR count). The zero-order valence-corrected chi connectivity index (χ0v) is 20.0. The molecule has 0 bridgehead atoms. The number of carbonyl (C=O) groups is 1. The molecule has 2 aliphatic heterocycles. The Morgan fingerprint density at radius 1 is 1.32 bits per heavy atom. The van der Waals surface area contributed by atoms with Crippen molar-refractivity contribution in [1.82, 2.24) is 0 Å². The van der Waals surface area contributed by atoms with E-state index in [1.165, 1.54) is 34.5 Å². The average molecular weight is 448 g/mol. The number of methoxy groups -OCH3 is 1. The topological polar surface area (TPSA) is 49.2 Å². The quantitative estimate of drug-likeness (QED) is 0.671. The van der Waals surface area contributed by atoms with Crippen LogP contribution >= 0.6 is 0 Å². The van der Waals surface area contributed by atoms with E-state index in [0.717, 1.165) is 36.4 Å². The van der Waals surface area contributed by atoms with Gasteiger partial charge in [0.1, 0.15) is 6.04 Å². The molecule has 1 N–H and O–H groups in total. The van der Waals surface area contributed by atoms with Crippen LogP contribution in [0.4, 0.5) is 0 Å². The molecule has 0 fully saturated rings. The summed E-state index contributed by atoms with van der Waals surface area (Å²) in [6.45, 7) is 7.96. The van der Waals surface area contributed by atoms with E-state index >= 15 is 0 Å². The van der Waals surface area contributed by atoms with Crippen LogP contribution in [0.2, 0.25) is 0 Å². The molecule has 6 heteroatoms. The number of allylic oxidation sites excluding steroid dienone is 4. The van der Waals surface area contributed by atoms with E-state index in [4.69, 9.17) is 14.2 Å². The molecule has 2 heterocycles. The van der Waals surface area contributed by atoms with Gasteiger partial charge in [-0.2, -0.15) is 0 Å². The standard InChI is InChI=1S/C25H33NO4.ClH/c1-16-7-6-11-25(2,3)19(16)9-8-18(27)14-20-22-17(10-12-26(20)4)13-21-23(24(22)28-5)30-15-29-21;/h8-9,13,20H,6-7,10-12,14-15H2,1-5H3;1H. The Hall–Kier alpha value is -1.98. The van der Waals surface area contributed by atoms with Crippen LogP contribution in [0.3, 0.4) is 0 Å². The number of fused-ring (bicyclic) bond motifs is 2. The van der Waals surface area contributed by atoms with Crippen molar-refractivity contribution >= 4 is 5.78 Å². The lowest BCUT2D eigenvalue weighted by atomic mass is 9.72. The second-order valence-electron chi connectivity index (χ2n) is 9.55. The molecule has 1 aliphatic carbocycles. The van der Waals surface area contributed by atoms with Gasteiger partial charge in [-0.25, -0.2) is 0 Å². The summed E-state index contributed by atoms with van der Waals surface area (Å²) in [7, 11) is 3.83. The Morgan fingerprint density at radius 2 is 2.10 bits per heavy atom. The lowest BCUT2D eigenvalue weighted by Gasteiger charge is -2.33. The third kappa shape index (κ3) is 4.49. The smallest absolute Gasteiger partial charge is 0.231 e. The first-order chi connectivity index (χ1) is 14.3. The third-order valence-corrected chi connectivity index (χ3v) is 7.06. The van der Waals surface area contributed by atoms with Crippen molar-refractivity contribution in [2.45, 2.75) is 58.9 Å². The number of benzene rings is 1. The number of nitrogens with one attached hydrogen (secondary N) is 1. The molecule has 0 saturated heterocycles. The Morgan fingerprint density at radius 3 is 2.81 bits per heavy atom. The molecule has 0 saturated carbocycles. The summed E-state index contributed by atoms with van der Waals surface area (Å²) in [5, 5.41) is 0. The number of carbonyl (C=O) groups excluding carboxylic acids is 1. The van der Waals surface area contributed by atoms with Crippen LogP contribution in [0.1, 0.15) is 63.6 Å². The summed E-state index contributed by atoms with van der Waals surface area (Å²) < 4.78 is 17.0. The normalized spacial score (nSPS) is 24.0. The molecule has 170 valence electrons. The van der Waals surface area contributed by atoms with Gasteiger partial charge in [-0.05, 0) is 54.9 Å². The zero-order valence-electron chi connectivity index (χ0n) is 19.3. The summed E-state index contributed by atoms with van der Waals surface area (Å²) in [4.78, 5) is 14.4. The van der Waals surface area contributed by atoms with E-state index in [-0.39, 0.29) is 36.4 Å². The van der Waals surface area contributed by atoms with Gasteiger partial charge in [0.05, 0.1) is 32.7 Å². The number of quaternary nitrogens is 1. The molecular formula is C25H34ClNO4.